The van der Waals surface area contributed by atoms with Gasteiger partial charge in [-0.2, -0.15) is 0 Å². The van der Waals surface area contributed by atoms with Gasteiger partial charge in [0, 0.05) is 37.1 Å². The van der Waals surface area contributed by atoms with Gasteiger partial charge in [-0.25, -0.2) is 0 Å². The molecular formula is C28H20O8. The van der Waals surface area contributed by atoms with E-state index >= 15 is 0 Å². The lowest BCUT2D eigenvalue weighted by Crippen LogP contribution is -2.19. The molecule has 2 aliphatic rings. The summed E-state index contributed by atoms with van der Waals surface area (Å²) in [7, 11) is 0. The van der Waals surface area contributed by atoms with Crippen molar-refractivity contribution in [1.29, 1.82) is 0 Å². The molecule has 0 saturated carbocycles. The first-order valence-electron chi connectivity index (χ1n) is 10.7. The molecule has 180 valence electrons. The number of rotatable bonds is 4. The lowest BCUT2D eigenvalue weighted by Gasteiger charge is -2.12. The van der Waals surface area contributed by atoms with E-state index in [-0.39, 0.29) is 23.1 Å². The quantitative estimate of drug-likeness (QED) is 0.479. The van der Waals surface area contributed by atoms with Gasteiger partial charge < -0.3 is 9.47 Å². The monoisotopic (exact) mass is 484 g/mol. The number of ketones is 4. The fraction of sp³-hybridized carbons (Fsp3) is 0.0714. The highest BCUT2D eigenvalue weighted by Gasteiger charge is 2.25. The summed E-state index contributed by atoms with van der Waals surface area (Å²) in [5, 5.41) is 0. The van der Waals surface area contributed by atoms with Crippen LogP contribution < -0.4 is 0 Å². The van der Waals surface area contributed by atoms with E-state index in [0.29, 0.717) is 11.1 Å². The lowest BCUT2D eigenvalue weighted by molar-refractivity contribution is -0.141. The van der Waals surface area contributed by atoms with Crippen molar-refractivity contribution >= 4 is 46.2 Å². The summed E-state index contributed by atoms with van der Waals surface area (Å²) < 4.78 is 8.99. The molecule has 0 radical (unpaired) electrons. The van der Waals surface area contributed by atoms with Gasteiger partial charge in [-0.3, -0.25) is 28.8 Å². The molecule has 4 rings (SSSR count). The summed E-state index contributed by atoms with van der Waals surface area (Å²) in [6, 6.07) is 18.5. The topological polar surface area (TPSA) is 121 Å². The first-order valence-corrected chi connectivity index (χ1v) is 10.7. The van der Waals surface area contributed by atoms with Crippen LogP contribution in [0.4, 0.5) is 0 Å². The molecule has 0 fully saturated rings. The van der Waals surface area contributed by atoms with E-state index in [1.807, 2.05) is 60.7 Å². The van der Waals surface area contributed by atoms with Crippen LogP contribution in [0.15, 0.2) is 96.5 Å². The average Bonchev–Trinajstić information content (AvgIpc) is 2.84. The fourth-order valence-corrected chi connectivity index (χ4v) is 3.24. The lowest BCUT2D eigenvalue weighted by atomic mass is 9.89. The molecule has 0 heterocycles. The third-order valence-corrected chi connectivity index (χ3v) is 4.77. The second-order valence-electron chi connectivity index (χ2n) is 7.51. The Morgan fingerprint density at radius 3 is 1.14 bits per heavy atom. The van der Waals surface area contributed by atoms with Gasteiger partial charge >= 0.3 is 11.9 Å². The number of allylic oxidation sites excluding steroid dienone is 6. The summed E-state index contributed by atoms with van der Waals surface area (Å²) in [5.74, 6) is -3.85. The number of benzene rings is 2. The highest BCUT2D eigenvalue weighted by Crippen LogP contribution is 2.26. The minimum absolute atomic E-state index is 0.130. The molecule has 36 heavy (non-hydrogen) atoms. The Hall–Kier alpha value is -4.98. The Morgan fingerprint density at radius 2 is 0.833 bits per heavy atom. The van der Waals surface area contributed by atoms with E-state index in [2.05, 4.69) is 9.47 Å². The van der Waals surface area contributed by atoms with E-state index in [0.717, 1.165) is 37.1 Å². The predicted molar refractivity (Wildman–Crippen MR) is 129 cm³/mol. The third-order valence-electron chi connectivity index (χ3n) is 4.77. The molecule has 2 aromatic carbocycles. The van der Waals surface area contributed by atoms with Crippen LogP contribution in [0, 0.1) is 0 Å². The van der Waals surface area contributed by atoms with Gasteiger partial charge in [-0.05, 0) is 23.3 Å². The predicted octanol–water partition coefficient (Wildman–Crippen LogP) is 3.34. The van der Waals surface area contributed by atoms with E-state index < -0.39 is 23.5 Å². The van der Waals surface area contributed by atoms with Gasteiger partial charge in [0.25, 0.3) is 0 Å². The molecule has 0 N–H and O–H groups in total. The normalized spacial score (nSPS) is 14.9. The zero-order valence-electron chi connectivity index (χ0n) is 19.3. The van der Waals surface area contributed by atoms with Crippen molar-refractivity contribution in [3.8, 4) is 0 Å². The van der Waals surface area contributed by atoms with Crippen molar-refractivity contribution < 1.29 is 38.2 Å². The van der Waals surface area contributed by atoms with Gasteiger partial charge in [0.05, 0.1) is 0 Å². The van der Waals surface area contributed by atoms with Crippen LogP contribution in [-0.4, -0.2) is 35.1 Å². The Kier molecular flexibility index (Phi) is 8.14. The molecule has 0 unspecified atom stereocenters. The first kappa shape index (κ1) is 25.6. The molecule has 0 aromatic heterocycles. The minimum Gasteiger partial charge on any atom is -0.422 e. The zero-order chi connectivity index (χ0) is 26.2. The average molecular weight is 484 g/mol. The van der Waals surface area contributed by atoms with E-state index in [4.69, 9.17) is 0 Å². The smallest absolute Gasteiger partial charge is 0.308 e. The SMILES string of the molecule is CC(=O)OC1=CC(=O)C(OC(C)=O)=CC1=O.O=C1C=C(c2ccccc2)C(=O)C=C1c1ccccc1. The number of carbonyl (C=O) groups is 6. The molecule has 0 amide bonds. The first-order chi connectivity index (χ1) is 17.2. The number of esters is 2. The number of ether oxygens (including phenoxy) is 2. The van der Waals surface area contributed by atoms with Gasteiger partial charge in [-0.15, -0.1) is 0 Å². The van der Waals surface area contributed by atoms with Crippen LogP contribution >= 0.6 is 0 Å². The Balaban J connectivity index is 0.000000207. The molecule has 0 bridgehead atoms. The largest absolute Gasteiger partial charge is 0.422 e. The van der Waals surface area contributed by atoms with E-state index in [1.54, 1.807) is 0 Å². The molecule has 0 saturated heterocycles. The summed E-state index contributed by atoms with van der Waals surface area (Å²) in [6.07, 6.45) is 4.48. The summed E-state index contributed by atoms with van der Waals surface area (Å²) in [6.45, 7) is 2.20. The van der Waals surface area contributed by atoms with Crippen molar-refractivity contribution in [2.75, 3.05) is 0 Å². The van der Waals surface area contributed by atoms with Crippen LogP contribution in [0.2, 0.25) is 0 Å². The Labute approximate surface area is 206 Å². The highest BCUT2D eigenvalue weighted by molar-refractivity contribution is 6.43. The van der Waals surface area contributed by atoms with E-state index in [1.165, 1.54) is 12.2 Å². The van der Waals surface area contributed by atoms with Crippen molar-refractivity contribution in [2.24, 2.45) is 0 Å². The molecular weight excluding hydrogens is 464 g/mol. The summed E-state index contributed by atoms with van der Waals surface area (Å²) >= 11 is 0. The summed E-state index contributed by atoms with van der Waals surface area (Å²) in [4.78, 5) is 68.2. The maximum atomic E-state index is 12.2. The van der Waals surface area contributed by atoms with Gasteiger partial charge in [-0.1, -0.05) is 60.7 Å². The standard InChI is InChI=1S/C18H12O2.C10H8O6/c19-17-12-16(14-9-5-2-6-10-14)18(20)11-15(17)13-7-3-1-4-8-13;1-5(11)15-9-3-8(14)10(4-7(9)13)16-6(2)12/h1-12H;3-4H,1-2H3. The number of hydrogen-bond acceptors (Lipinski definition) is 8. The molecule has 2 aliphatic carbocycles. The van der Waals surface area contributed by atoms with Crippen LogP contribution in [0.1, 0.15) is 25.0 Å². The van der Waals surface area contributed by atoms with Crippen molar-refractivity contribution in [3.63, 3.8) is 0 Å². The van der Waals surface area contributed by atoms with E-state index in [9.17, 15) is 28.8 Å². The molecule has 0 aliphatic heterocycles. The van der Waals surface area contributed by atoms with Crippen LogP contribution in [0.5, 0.6) is 0 Å². The Morgan fingerprint density at radius 1 is 0.500 bits per heavy atom. The summed E-state index contributed by atoms with van der Waals surface area (Å²) in [5.41, 5.74) is 2.45. The Bertz CT molecular complexity index is 1270. The van der Waals surface area contributed by atoms with Crippen molar-refractivity contribution in [3.05, 3.63) is 108 Å². The second kappa shape index (κ2) is 11.4. The van der Waals surface area contributed by atoms with Crippen LogP contribution in [0.25, 0.3) is 11.1 Å². The van der Waals surface area contributed by atoms with Crippen LogP contribution in [-0.2, 0) is 38.2 Å². The second-order valence-corrected chi connectivity index (χ2v) is 7.51. The van der Waals surface area contributed by atoms with Crippen LogP contribution in [0.3, 0.4) is 0 Å². The molecule has 2 aromatic rings. The zero-order valence-corrected chi connectivity index (χ0v) is 19.3. The van der Waals surface area contributed by atoms with Crippen molar-refractivity contribution in [2.45, 2.75) is 13.8 Å². The highest BCUT2D eigenvalue weighted by atomic mass is 16.5. The maximum absolute atomic E-state index is 12.2. The van der Waals surface area contributed by atoms with Gasteiger partial charge in [0.1, 0.15) is 0 Å². The third kappa shape index (κ3) is 6.54. The molecule has 8 heteroatoms. The number of carbonyl (C=O) groups excluding carboxylic acids is 6. The van der Waals surface area contributed by atoms with Gasteiger partial charge in [0.2, 0.25) is 11.6 Å². The molecule has 8 nitrogen and oxygen atoms in total. The minimum atomic E-state index is -0.711. The van der Waals surface area contributed by atoms with Crippen molar-refractivity contribution in [1.82, 2.24) is 0 Å². The molecule has 0 atom stereocenters. The fourth-order valence-electron chi connectivity index (χ4n) is 3.24. The van der Waals surface area contributed by atoms with Gasteiger partial charge in [0.15, 0.2) is 23.1 Å². The maximum Gasteiger partial charge on any atom is 0.308 e. The molecule has 0 spiro atoms. The number of hydrogen-bond donors (Lipinski definition) is 0.